The molecule has 0 aromatic heterocycles. The van der Waals surface area contributed by atoms with Crippen LogP contribution >= 0.6 is 20.0 Å². The molecule has 0 bridgehead atoms. The summed E-state index contributed by atoms with van der Waals surface area (Å²) in [7, 11) is 9.90. The van der Waals surface area contributed by atoms with E-state index in [1.807, 2.05) is 0 Å². The Morgan fingerprint density at radius 1 is 1.25 bits per heavy atom. The maximum absolute atomic E-state index is 4.95. The molecule has 27 valence electrons. The number of hydrogen-bond acceptors (Lipinski definition) is 0. The maximum Gasteiger partial charge on any atom is 0 e. The van der Waals surface area contributed by atoms with Crippen LogP contribution in [0, 0.1) is 0 Å². The van der Waals surface area contributed by atoms with E-state index >= 15 is 0 Å². The van der Waals surface area contributed by atoms with Gasteiger partial charge in [-0.15, -0.1) is 0 Å². The van der Waals surface area contributed by atoms with E-state index < -0.39 is 13.6 Å². The third kappa shape index (κ3) is 11.6. The summed E-state index contributed by atoms with van der Waals surface area (Å²) in [6, 6.07) is 0. The molecule has 0 rings (SSSR count). The maximum atomic E-state index is 4.95. The SMILES string of the molecule is [Cl][GeH2][Cl].[F]. The van der Waals surface area contributed by atoms with Crippen LogP contribution in [-0.4, -0.2) is 13.6 Å². The largest absolute Gasteiger partial charge is 0 e. The van der Waals surface area contributed by atoms with Gasteiger partial charge in [0.15, 0.2) is 0 Å². The van der Waals surface area contributed by atoms with Crippen LogP contribution in [0.2, 0.25) is 0 Å². The predicted molar refractivity (Wildman–Crippen MR) is 21.4 cm³/mol. The first-order chi connectivity index (χ1) is 1.41. The van der Waals surface area contributed by atoms with Crippen molar-refractivity contribution in [2.75, 3.05) is 0 Å². The number of halogens is 3. The van der Waals surface area contributed by atoms with Crippen LogP contribution in [0.4, 0.5) is 4.70 Å². The van der Waals surface area contributed by atoms with E-state index in [9.17, 15) is 0 Å². The zero-order valence-corrected chi connectivity index (χ0v) is 6.32. The molecule has 4 heavy (non-hydrogen) atoms. The zero-order valence-electron chi connectivity index (χ0n) is 1.84. The van der Waals surface area contributed by atoms with E-state index in [0.717, 1.165) is 0 Å². The minimum atomic E-state index is -0.931. The second kappa shape index (κ2) is 8.96. The van der Waals surface area contributed by atoms with Gasteiger partial charge in [0.2, 0.25) is 0 Å². The first-order valence-corrected chi connectivity index (χ1v) is 8.33. The molecule has 0 saturated heterocycles. The van der Waals surface area contributed by atoms with Crippen molar-refractivity contribution in [3.63, 3.8) is 0 Å². The van der Waals surface area contributed by atoms with E-state index in [4.69, 9.17) is 20.0 Å². The molecule has 0 spiro atoms. The molecular weight excluding hydrogens is 163 g/mol. The Bertz CT molecular complexity index is 6.00. The molecule has 0 aromatic carbocycles. The van der Waals surface area contributed by atoms with Gasteiger partial charge in [0.05, 0.1) is 0 Å². The van der Waals surface area contributed by atoms with Crippen LogP contribution in [0.25, 0.3) is 0 Å². The number of rotatable bonds is 0. The average molecular weight is 165 g/mol. The Kier molecular flexibility index (Phi) is 20.0. The van der Waals surface area contributed by atoms with Crippen molar-refractivity contribution in [1.82, 2.24) is 0 Å². The van der Waals surface area contributed by atoms with E-state index in [1.54, 1.807) is 0 Å². The van der Waals surface area contributed by atoms with Gasteiger partial charge >= 0.3 is 33.6 Å². The fourth-order valence-corrected chi connectivity index (χ4v) is 0. The van der Waals surface area contributed by atoms with Crippen molar-refractivity contribution in [2.45, 2.75) is 0 Å². The molecule has 1 radical (unpaired) electrons. The van der Waals surface area contributed by atoms with Crippen molar-refractivity contribution in [2.24, 2.45) is 0 Å². The molecule has 0 amide bonds. The summed E-state index contributed by atoms with van der Waals surface area (Å²) in [5.74, 6) is 0. The van der Waals surface area contributed by atoms with Crippen molar-refractivity contribution < 1.29 is 4.70 Å². The van der Waals surface area contributed by atoms with Crippen molar-refractivity contribution in [3.8, 4) is 0 Å². The van der Waals surface area contributed by atoms with Gasteiger partial charge in [-0.1, -0.05) is 0 Å². The smallest absolute Gasteiger partial charge is 0 e. The fourth-order valence-electron chi connectivity index (χ4n) is 0. The van der Waals surface area contributed by atoms with Gasteiger partial charge in [-0.3, -0.25) is 0 Å². The quantitative estimate of drug-likeness (QED) is 0.467. The van der Waals surface area contributed by atoms with Gasteiger partial charge in [-0.05, 0) is 0 Å². The zero-order chi connectivity index (χ0) is 2.71. The molecule has 0 heterocycles. The van der Waals surface area contributed by atoms with Crippen LogP contribution in [-0.2, 0) is 0 Å². The van der Waals surface area contributed by atoms with Gasteiger partial charge < -0.3 is 0 Å². The standard InChI is InChI=1S/Cl2GeH2.F/c1-3-2;/h3H2;. The monoisotopic (exact) mass is 165 g/mol. The van der Waals surface area contributed by atoms with E-state index in [-0.39, 0.29) is 4.70 Å². The summed E-state index contributed by atoms with van der Waals surface area (Å²) in [5.41, 5.74) is 0. The first kappa shape index (κ1) is 8.91. The van der Waals surface area contributed by atoms with Crippen molar-refractivity contribution >= 4 is 33.6 Å². The second-order valence-electron chi connectivity index (χ2n) is 0.101. The molecule has 0 N–H and O–H groups in total. The molecular formula is H2Cl2FGe. The molecule has 0 unspecified atom stereocenters. The van der Waals surface area contributed by atoms with Gasteiger partial charge in [-0.2, -0.15) is 0 Å². The van der Waals surface area contributed by atoms with Crippen LogP contribution < -0.4 is 0 Å². The summed E-state index contributed by atoms with van der Waals surface area (Å²) in [6.45, 7) is 0. The molecule has 0 atom stereocenters. The Balaban J connectivity index is 0. The third-order valence-electron chi connectivity index (χ3n) is 0. The second-order valence-corrected chi connectivity index (χ2v) is 4.72. The minimum Gasteiger partial charge on any atom is 0 e. The van der Waals surface area contributed by atoms with Gasteiger partial charge in [-0.25, -0.2) is 0 Å². The van der Waals surface area contributed by atoms with E-state index in [0.29, 0.717) is 0 Å². The Labute approximate surface area is 38.7 Å². The van der Waals surface area contributed by atoms with Crippen LogP contribution in [0.3, 0.4) is 0 Å². The fraction of sp³-hybridized carbons (Fsp3) is 0. The summed E-state index contributed by atoms with van der Waals surface area (Å²) >= 11 is -0.931. The molecule has 0 saturated carbocycles. The molecule has 0 aliphatic rings. The topological polar surface area (TPSA) is 0 Å². The number of hydrogen-bond donors (Lipinski definition) is 0. The molecule has 4 heteroatoms. The summed E-state index contributed by atoms with van der Waals surface area (Å²) in [5, 5.41) is 0. The minimum absolute atomic E-state index is 0. The van der Waals surface area contributed by atoms with Crippen LogP contribution in [0.15, 0.2) is 0 Å². The Hall–Kier alpha value is 1.05. The summed E-state index contributed by atoms with van der Waals surface area (Å²) < 4.78 is 0. The predicted octanol–water partition coefficient (Wildman–Crippen LogP) is 0.883. The molecule has 0 aliphatic heterocycles. The Morgan fingerprint density at radius 2 is 1.25 bits per heavy atom. The van der Waals surface area contributed by atoms with Gasteiger partial charge in [0.1, 0.15) is 0 Å². The average Bonchev–Trinajstić information content (AvgIpc) is 0.918. The molecule has 0 fully saturated rings. The van der Waals surface area contributed by atoms with Crippen molar-refractivity contribution in [1.29, 1.82) is 0 Å². The summed E-state index contributed by atoms with van der Waals surface area (Å²) in [4.78, 5) is 0. The van der Waals surface area contributed by atoms with Crippen molar-refractivity contribution in [3.05, 3.63) is 0 Å². The third-order valence-corrected chi connectivity index (χ3v) is 0. The molecule has 0 aliphatic carbocycles. The first-order valence-electron chi connectivity index (χ1n) is 0.535. The van der Waals surface area contributed by atoms with E-state index in [1.165, 1.54) is 0 Å². The Morgan fingerprint density at radius 3 is 1.25 bits per heavy atom. The van der Waals surface area contributed by atoms with E-state index in [2.05, 4.69) is 0 Å². The van der Waals surface area contributed by atoms with Gasteiger partial charge in [0, 0.05) is 4.70 Å². The molecule has 0 aromatic rings. The van der Waals surface area contributed by atoms with Gasteiger partial charge in [0.25, 0.3) is 0 Å². The normalized spacial score (nSPS) is 4.50. The summed E-state index contributed by atoms with van der Waals surface area (Å²) in [6.07, 6.45) is 0. The van der Waals surface area contributed by atoms with Crippen LogP contribution in [0.5, 0.6) is 0 Å². The van der Waals surface area contributed by atoms with Crippen LogP contribution in [0.1, 0.15) is 0 Å². The molecule has 0 nitrogen and oxygen atoms in total.